The summed E-state index contributed by atoms with van der Waals surface area (Å²) in [5.74, 6) is 0.477. The van der Waals surface area contributed by atoms with Gasteiger partial charge in [-0.2, -0.15) is 0 Å². The Labute approximate surface area is 115 Å². The smallest absolute Gasteiger partial charge is 0.157 e. The van der Waals surface area contributed by atoms with Crippen molar-refractivity contribution in [1.82, 2.24) is 15.0 Å². The highest BCUT2D eigenvalue weighted by molar-refractivity contribution is 5.71. The van der Waals surface area contributed by atoms with Gasteiger partial charge in [0.25, 0.3) is 0 Å². The molecule has 2 heterocycles. The molecule has 20 heavy (non-hydrogen) atoms. The van der Waals surface area contributed by atoms with Gasteiger partial charge in [-0.15, -0.1) is 0 Å². The Morgan fingerprint density at radius 2 is 2.15 bits per heavy atom. The van der Waals surface area contributed by atoms with E-state index in [4.69, 9.17) is 5.73 Å². The maximum Gasteiger partial charge on any atom is 0.157 e. The van der Waals surface area contributed by atoms with Crippen LogP contribution in [0.5, 0.6) is 0 Å². The monoisotopic (exact) mass is 270 g/mol. The van der Waals surface area contributed by atoms with Gasteiger partial charge in [-0.1, -0.05) is 12.1 Å². The molecular formula is C15H15FN4. The normalized spacial score (nSPS) is 12.8. The number of nitrogens with zero attached hydrogens (tertiary/aromatic N) is 2. The van der Waals surface area contributed by atoms with Crippen LogP contribution in [0.1, 0.15) is 22.9 Å². The molecule has 0 aliphatic rings. The maximum atomic E-state index is 13.4. The van der Waals surface area contributed by atoms with Gasteiger partial charge in [-0.05, 0) is 36.2 Å². The summed E-state index contributed by atoms with van der Waals surface area (Å²) in [4.78, 5) is 11.8. The Morgan fingerprint density at radius 1 is 1.30 bits per heavy atom. The number of fused-ring (bicyclic) bond motifs is 1. The van der Waals surface area contributed by atoms with Gasteiger partial charge in [0.05, 0.1) is 0 Å². The van der Waals surface area contributed by atoms with Crippen LogP contribution in [-0.4, -0.2) is 21.5 Å². The molecule has 0 saturated heterocycles. The van der Waals surface area contributed by atoms with Gasteiger partial charge in [0.2, 0.25) is 0 Å². The van der Waals surface area contributed by atoms with E-state index < -0.39 is 0 Å². The summed E-state index contributed by atoms with van der Waals surface area (Å²) in [6.07, 6.45) is 1.77. The molecule has 3 N–H and O–H groups in total. The van der Waals surface area contributed by atoms with Gasteiger partial charge in [-0.3, -0.25) is 0 Å². The lowest BCUT2D eigenvalue weighted by Crippen LogP contribution is -2.14. The van der Waals surface area contributed by atoms with Gasteiger partial charge in [0.15, 0.2) is 5.65 Å². The molecule has 0 aliphatic carbocycles. The van der Waals surface area contributed by atoms with Crippen LogP contribution >= 0.6 is 0 Å². The molecule has 0 radical (unpaired) electrons. The number of rotatable bonds is 3. The maximum absolute atomic E-state index is 13.4. The van der Waals surface area contributed by atoms with Crippen molar-refractivity contribution in [3.8, 4) is 0 Å². The standard InChI is InChI=1S/C15H15FN4/c1-9-19-14-6-11(8-18-15(14)20-9)13(7-17)10-3-2-4-12(16)5-10/h2-6,8,13H,7,17H2,1H3,(H,18,19,20)/t13-/m0/s1. The Hall–Kier alpha value is -2.27. The molecule has 0 fully saturated rings. The van der Waals surface area contributed by atoms with E-state index in [1.54, 1.807) is 12.3 Å². The predicted molar refractivity (Wildman–Crippen MR) is 75.9 cm³/mol. The fourth-order valence-electron chi connectivity index (χ4n) is 2.41. The molecule has 1 aromatic carbocycles. The van der Waals surface area contributed by atoms with Crippen molar-refractivity contribution in [2.45, 2.75) is 12.8 Å². The Morgan fingerprint density at radius 3 is 2.90 bits per heavy atom. The summed E-state index contributed by atoms with van der Waals surface area (Å²) in [6, 6.07) is 8.46. The molecule has 0 bridgehead atoms. The molecule has 2 aromatic heterocycles. The molecule has 1 atom stereocenters. The minimum atomic E-state index is -0.259. The average molecular weight is 270 g/mol. The fraction of sp³-hybridized carbons (Fsp3) is 0.200. The van der Waals surface area contributed by atoms with Crippen LogP contribution in [0.25, 0.3) is 11.2 Å². The second-order valence-electron chi connectivity index (χ2n) is 4.80. The van der Waals surface area contributed by atoms with Gasteiger partial charge in [0.1, 0.15) is 17.2 Å². The Kier molecular flexibility index (Phi) is 3.20. The lowest BCUT2D eigenvalue weighted by molar-refractivity contribution is 0.623. The van der Waals surface area contributed by atoms with Crippen molar-refractivity contribution in [2.24, 2.45) is 5.73 Å². The van der Waals surface area contributed by atoms with Crippen molar-refractivity contribution < 1.29 is 4.39 Å². The summed E-state index contributed by atoms with van der Waals surface area (Å²) in [5.41, 5.74) is 9.20. The molecule has 102 valence electrons. The van der Waals surface area contributed by atoms with E-state index in [1.165, 1.54) is 12.1 Å². The molecule has 0 amide bonds. The van der Waals surface area contributed by atoms with Crippen LogP contribution in [0.4, 0.5) is 4.39 Å². The van der Waals surface area contributed by atoms with E-state index in [2.05, 4.69) is 15.0 Å². The van der Waals surface area contributed by atoms with E-state index in [0.29, 0.717) is 6.54 Å². The van der Waals surface area contributed by atoms with Crippen LogP contribution in [0.3, 0.4) is 0 Å². The topological polar surface area (TPSA) is 67.6 Å². The van der Waals surface area contributed by atoms with Crippen LogP contribution in [0.2, 0.25) is 0 Å². The van der Waals surface area contributed by atoms with Gasteiger partial charge in [0, 0.05) is 18.7 Å². The van der Waals surface area contributed by atoms with Crippen LogP contribution < -0.4 is 5.73 Å². The predicted octanol–water partition coefficient (Wildman–Crippen LogP) is 2.50. The quantitative estimate of drug-likeness (QED) is 0.768. The number of nitrogens with one attached hydrogen (secondary N) is 1. The number of imidazole rings is 1. The first-order valence-corrected chi connectivity index (χ1v) is 6.45. The molecule has 3 aromatic rings. The van der Waals surface area contributed by atoms with E-state index in [9.17, 15) is 4.39 Å². The zero-order chi connectivity index (χ0) is 14.1. The van der Waals surface area contributed by atoms with Crippen LogP contribution in [-0.2, 0) is 0 Å². The van der Waals surface area contributed by atoms with Crippen molar-refractivity contribution in [1.29, 1.82) is 0 Å². The number of aryl methyl sites for hydroxylation is 1. The number of H-pyrrole nitrogens is 1. The summed E-state index contributed by atoms with van der Waals surface area (Å²) in [6.45, 7) is 2.27. The summed E-state index contributed by atoms with van der Waals surface area (Å²) < 4.78 is 13.4. The molecule has 4 nitrogen and oxygen atoms in total. The van der Waals surface area contributed by atoms with Gasteiger partial charge >= 0.3 is 0 Å². The highest BCUT2D eigenvalue weighted by Gasteiger charge is 2.15. The number of hydrogen-bond acceptors (Lipinski definition) is 3. The molecule has 3 rings (SSSR count). The molecule has 0 aliphatic heterocycles. The van der Waals surface area contributed by atoms with Crippen molar-refractivity contribution in [3.63, 3.8) is 0 Å². The molecule has 0 saturated carbocycles. The number of aromatic amines is 1. The summed E-state index contributed by atoms with van der Waals surface area (Å²) in [5, 5.41) is 0. The van der Waals surface area contributed by atoms with E-state index >= 15 is 0 Å². The van der Waals surface area contributed by atoms with E-state index in [1.807, 2.05) is 19.1 Å². The minimum absolute atomic E-state index is 0.0837. The molecule has 5 heteroatoms. The second kappa shape index (κ2) is 5.02. The summed E-state index contributed by atoms with van der Waals surface area (Å²) >= 11 is 0. The number of halogens is 1. The number of nitrogens with two attached hydrogens (primary N) is 1. The highest BCUT2D eigenvalue weighted by Crippen LogP contribution is 2.25. The van der Waals surface area contributed by atoms with Crippen molar-refractivity contribution >= 4 is 11.2 Å². The zero-order valence-electron chi connectivity index (χ0n) is 11.1. The third kappa shape index (κ3) is 2.28. The Balaban J connectivity index is 2.06. The first-order chi connectivity index (χ1) is 9.67. The van der Waals surface area contributed by atoms with Crippen molar-refractivity contribution in [3.05, 3.63) is 59.3 Å². The molecule has 0 unspecified atom stereocenters. The molecule has 0 spiro atoms. The third-order valence-electron chi connectivity index (χ3n) is 3.37. The minimum Gasteiger partial charge on any atom is -0.330 e. The lowest BCUT2D eigenvalue weighted by atomic mass is 9.92. The summed E-state index contributed by atoms with van der Waals surface area (Å²) in [7, 11) is 0. The fourth-order valence-corrected chi connectivity index (χ4v) is 2.41. The zero-order valence-corrected chi connectivity index (χ0v) is 11.1. The SMILES string of the molecule is Cc1nc2cc([C@@H](CN)c3cccc(F)c3)cnc2[nH]1. The van der Waals surface area contributed by atoms with Gasteiger partial charge in [-0.25, -0.2) is 14.4 Å². The van der Waals surface area contributed by atoms with Crippen LogP contribution in [0.15, 0.2) is 36.5 Å². The third-order valence-corrected chi connectivity index (χ3v) is 3.37. The largest absolute Gasteiger partial charge is 0.330 e. The number of pyridine rings is 1. The number of benzene rings is 1. The number of aromatic nitrogens is 3. The molecular weight excluding hydrogens is 255 g/mol. The van der Waals surface area contributed by atoms with E-state index in [-0.39, 0.29) is 11.7 Å². The first kappa shape index (κ1) is 12.7. The van der Waals surface area contributed by atoms with Gasteiger partial charge < -0.3 is 10.7 Å². The second-order valence-corrected chi connectivity index (χ2v) is 4.80. The number of hydrogen-bond donors (Lipinski definition) is 2. The average Bonchev–Trinajstić information content (AvgIpc) is 2.79. The Bertz CT molecular complexity index is 750. The highest BCUT2D eigenvalue weighted by atomic mass is 19.1. The van der Waals surface area contributed by atoms with E-state index in [0.717, 1.165) is 28.1 Å². The van der Waals surface area contributed by atoms with Crippen LogP contribution in [0, 0.1) is 12.7 Å². The first-order valence-electron chi connectivity index (χ1n) is 6.45. The lowest BCUT2D eigenvalue weighted by Gasteiger charge is -2.15. The van der Waals surface area contributed by atoms with Crippen molar-refractivity contribution in [2.75, 3.05) is 6.54 Å².